The number of methoxy groups -OCH3 is 1. The fourth-order valence-electron chi connectivity index (χ4n) is 0.816. The molecule has 2 N–H and O–H groups in total. The Kier molecular flexibility index (Phi) is 3.00. The van der Waals surface area contributed by atoms with Crippen molar-refractivity contribution in [3.05, 3.63) is 11.9 Å². The molecular formula is C6H11N3O2. The third-order valence-corrected chi connectivity index (χ3v) is 1.27. The van der Waals surface area contributed by atoms with Crippen LogP contribution in [0.4, 0.5) is 0 Å². The molecule has 0 amide bonds. The standard InChI is InChI=1S/C6H11N3O2/c1-11-4-6(10)2-5-3-7-9-8-5/h3,6,10H,2,4H2,1H3,(H,7,8,9). The van der Waals surface area contributed by atoms with E-state index in [9.17, 15) is 5.11 Å². The normalized spacial score (nSPS) is 13.3. The van der Waals surface area contributed by atoms with Crippen molar-refractivity contribution >= 4 is 0 Å². The predicted octanol–water partition coefficient (Wildman–Crippen LogP) is -0.646. The summed E-state index contributed by atoms with van der Waals surface area (Å²) >= 11 is 0. The van der Waals surface area contributed by atoms with Gasteiger partial charge in [-0.25, -0.2) is 0 Å². The first-order valence-corrected chi connectivity index (χ1v) is 3.34. The van der Waals surface area contributed by atoms with E-state index in [0.717, 1.165) is 5.69 Å². The number of hydrogen-bond acceptors (Lipinski definition) is 4. The molecule has 1 atom stereocenters. The Morgan fingerprint density at radius 2 is 2.64 bits per heavy atom. The smallest absolute Gasteiger partial charge is 0.0851 e. The van der Waals surface area contributed by atoms with Crippen molar-refractivity contribution < 1.29 is 9.84 Å². The molecule has 0 saturated heterocycles. The third kappa shape index (κ3) is 2.65. The van der Waals surface area contributed by atoms with E-state index in [0.29, 0.717) is 13.0 Å². The van der Waals surface area contributed by atoms with Gasteiger partial charge in [-0.15, -0.1) is 0 Å². The molecule has 5 heteroatoms. The molecule has 5 nitrogen and oxygen atoms in total. The zero-order chi connectivity index (χ0) is 8.10. The molecule has 0 aromatic carbocycles. The molecular weight excluding hydrogens is 146 g/mol. The van der Waals surface area contributed by atoms with Crippen molar-refractivity contribution in [3.8, 4) is 0 Å². The Morgan fingerprint density at radius 3 is 3.18 bits per heavy atom. The van der Waals surface area contributed by atoms with Crippen molar-refractivity contribution in [2.75, 3.05) is 13.7 Å². The van der Waals surface area contributed by atoms with Gasteiger partial charge in [0.15, 0.2) is 0 Å². The number of hydrogen-bond donors (Lipinski definition) is 2. The van der Waals surface area contributed by atoms with E-state index >= 15 is 0 Å². The highest BCUT2D eigenvalue weighted by atomic mass is 16.5. The van der Waals surface area contributed by atoms with E-state index in [4.69, 9.17) is 4.74 Å². The van der Waals surface area contributed by atoms with E-state index in [1.54, 1.807) is 13.3 Å². The lowest BCUT2D eigenvalue weighted by Gasteiger charge is -2.05. The molecule has 0 radical (unpaired) electrons. The first-order valence-electron chi connectivity index (χ1n) is 3.34. The minimum Gasteiger partial charge on any atom is -0.390 e. The Bertz CT molecular complexity index is 188. The quantitative estimate of drug-likeness (QED) is 0.609. The van der Waals surface area contributed by atoms with Crippen molar-refractivity contribution in [2.24, 2.45) is 0 Å². The number of aromatic amines is 1. The Morgan fingerprint density at radius 1 is 1.82 bits per heavy atom. The Hall–Kier alpha value is -0.940. The number of aromatic nitrogens is 3. The van der Waals surface area contributed by atoms with Crippen LogP contribution in [0.1, 0.15) is 5.69 Å². The molecule has 11 heavy (non-hydrogen) atoms. The molecule has 1 heterocycles. The van der Waals surface area contributed by atoms with Crippen LogP contribution in [0.3, 0.4) is 0 Å². The second kappa shape index (κ2) is 4.05. The monoisotopic (exact) mass is 157 g/mol. The van der Waals surface area contributed by atoms with Crippen LogP contribution < -0.4 is 0 Å². The van der Waals surface area contributed by atoms with E-state index in [1.165, 1.54) is 0 Å². The van der Waals surface area contributed by atoms with Gasteiger partial charge in [0.25, 0.3) is 0 Å². The fourth-order valence-corrected chi connectivity index (χ4v) is 0.816. The average molecular weight is 157 g/mol. The first-order chi connectivity index (χ1) is 5.33. The molecule has 1 rings (SSSR count). The maximum absolute atomic E-state index is 9.21. The number of aliphatic hydroxyl groups excluding tert-OH is 1. The molecule has 1 unspecified atom stereocenters. The van der Waals surface area contributed by atoms with Gasteiger partial charge in [-0.05, 0) is 0 Å². The Labute approximate surface area is 64.4 Å². The van der Waals surface area contributed by atoms with Crippen LogP contribution in [0.5, 0.6) is 0 Å². The molecule has 0 spiro atoms. The van der Waals surface area contributed by atoms with Crippen LogP contribution in [-0.4, -0.2) is 40.3 Å². The lowest BCUT2D eigenvalue weighted by Crippen LogP contribution is -2.17. The van der Waals surface area contributed by atoms with Gasteiger partial charge in [0.1, 0.15) is 0 Å². The average Bonchev–Trinajstić information content (AvgIpc) is 2.40. The highest BCUT2D eigenvalue weighted by Gasteiger charge is 2.05. The minimum absolute atomic E-state index is 0.326. The maximum atomic E-state index is 9.21. The number of aliphatic hydroxyl groups is 1. The van der Waals surface area contributed by atoms with Gasteiger partial charge in [-0.3, -0.25) is 0 Å². The third-order valence-electron chi connectivity index (χ3n) is 1.27. The second-order valence-electron chi connectivity index (χ2n) is 2.27. The summed E-state index contributed by atoms with van der Waals surface area (Å²) in [5, 5.41) is 19.1. The summed E-state index contributed by atoms with van der Waals surface area (Å²) in [4.78, 5) is 0. The SMILES string of the molecule is COCC(O)Cc1cn[nH]n1. The van der Waals surface area contributed by atoms with E-state index < -0.39 is 6.10 Å². The molecule has 62 valence electrons. The van der Waals surface area contributed by atoms with E-state index in [2.05, 4.69) is 15.4 Å². The van der Waals surface area contributed by atoms with Crippen LogP contribution in [0.15, 0.2) is 6.20 Å². The molecule has 0 fully saturated rings. The van der Waals surface area contributed by atoms with Crippen molar-refractivity contribution in [3.63, 3.8) is 0 Å². The molecule has 0 aliphatic carbocycles. The van der Waals surface area contributed by atoms with Gasteiger partial charge in [-0.1, -0.05) is 0 Å². The number of ether oxygens (including phenoxy) is 1. The van der Waals surface area contributed by atoms with Gasteiger partial charge in [0.05, 0.1) is 24.6 Å². The predicted molar refractivity (Wildman–Crippen MR) is 38.0 cm³/mol. The van der Waals surface area contributed by atoms with Gasteiger partial charge in [0, 0.05) is 13.5 Å². The summed E-state index contributed by atoms with van der Waals surface area (Å²) in [5.41, 5.74) is 0.745. The second-order valence-corrected chi connectivity index (χ2v) is 2.27. The van der Waals surface area contributed by atoms with Crippen LogP contribution in [0, 0.1) is 0 Å². The number of H-pyrrole nitrogens is 1. The summed E-state index contributed by atoms with van der Waals surface area (Å²) < 4.78 is 4.74. The summed E-state index contributed by atoms with van der Waals surface area (Å²) in [5.74, 6) is 0. The van der Waals surface area contributed by atoms with Gasteiger partial charge >= 0.3 is 0 Å². The lowest BCUT2D eigenvalue weighted by atomic mass is 10.2. The largest absolute Gasteiger partial charge is 0.390 e. The molecule has 1 aromatic rings. The molecule has 0 aliphatic rings. The summed E-state index contributed by atoms with van der Waals surface area (Å²) in [6.45, 7) is 0.326. The van der Waals surface area contributed by atoms with Crippen molar-refractivity contribution in [1.29, 1.82) is 0 Å². The highest BCUT2D eigenvalue weighted by Crippen LogP contribution is 1.96. The molecule has 1 aromatic heterocycles. The molecule has 0 saturated carbocycles. The van der Waals surface area contributed by atoms with E-state index in [1.807, 2.05) is 0 Å². The van der Waals surface area contributed by atoms with Gasteiger partial charge < -0.3 is 9.84 Å². The summed E-state index contributed by atoms with van der Waals surface area (Å²) in [6.07, 6.45) is 1.56. The van der Waals surface area contributed by atoms with Crippen LogP contribution in [-0.2, 0) is 11.2 Å². The van der Waals surface area contributed by atoms with E-state index in [-0.39, 0.29) is 0 Å². The number of nitrogens with zero attached hydrogens (tertiary/aromatic N) is 2. The fraction of sp³-hybridized carbons (Fsp3) is 0.667. The Balaban J connectivity index is 2.31. The molecule has 0 aliphatic heterocycles. The zero-order valence-corrected chi connectivity index (χ0v) is 6.32. The van der Waals surface area contributed by atoms with Crippen LogP contribution in [0.2, 0.25) is 0 Å². The van der Waals surface area contributed by atoms with Gasteiger partial charge in [0.2, 0.25) is 0 Å². The first kappa shape index (κ1) is 8.16. The van der Waals surface area contributed by atoms with Crippen molar-refractivity contribution in [1.82, 2.24) is 15.4 Å². The molecule has 0 bridgehead atoms. The summed E-state index contributed by atoms with van der Waals surface area (Å²) in [7, 11) is 1.55. The number of nitrogens with one attached hydrogen (secondary N) is 1. The highest BCUT2D eigenvalue weighted by molar-refractivity contribution is 4.92. The topological polar surface area (TPSA) is 71.0 Å². The summed E-state index contributed by atoms with van der Waals surface area (Å²) in [6, 6.07) is 0. The maximum Gasteiger partial charge on any atom is 0.0851 e. The van der Waals surface area contributed by atoms with Crippen LogP contribution in [0.25, 0.3) is 0 Å². The van der Waals surface area contributed by atoms with Gasteiger partial charge in [-0.2, -0.15) is 15.4 Å². The van der Waals surface area contributed by atoms with Crippen LogP contribution >= 0.6 is 0 Å². The number of rotatable bonds is 4. The van der Waals surface area contributed by atoms with Crippen molar-refractivity contribution in [2.45, 2.75) is 12.5 Å². The lowest BCUT2D eigenvalue weighted by molar-refractivity contribution is 0.0644. The zero-order valence-electron chi connectivity index (χ0n) is 6.32. The minimum atomic E-state index is -0.495.